The monoisotopic (exact) mass is 449 g/mol. The Labute approximate surface area is 191 Å². The molecular weight excluding hydrogens is 422 g/mol. The highest BCUT2D eigenvalue weighted by Crippen LogP contribution is 2.29. The Hall–Kier alpha value is -3.26. The van der Waals surface area contributed by atoms with Crippen LogP contribution in [-0.2, 0) is 6.42 Å². The minimum atomic E-state index is -0.265. The molecule has 2 N–H and O–H groups in total. The van der Waals surface area contributed by atoms with Crippen LogP contribution in [-0.4, -0.2) is 40.1 Å². The number of amides is 3. The van der Waals surface area contributed by atoms with Gasteiger partial charge < -0.3 is 15.5 Å². The number of aromatic nitrogens is 2. The third-order valence-corrected chi connectivity index (χ3v) is 6.70. The summed E-state index contributed by atoms with van der Waals surface area (Å²) in [5.41, 5.74) is 3.88. The fraction of sp³-hybridized carbons (Fsp3) is 0.333. The maximum absolute atomic E-state index is 12.8. The van der Waals surface area contributed by atoms with Crippen molar-refractivity contribution in [3.63, 3.8) is 0 Å². The number of benzene rings is 2. The first-order valence-corrected chi connectivity index (χ1v) is 11.7. The third-order valence-electron chi connectivity index (χ3n) is 5.62. The van der Waals surface area contributed by atoms with Crippen LogP contribution in [0, 0.1) is 6.92 Å². The van der Waals surface area contributed by atoms with Gasteiger partial charge in [-0.15, -0.1) is 10.2 Å². The summed E-state index contributed by atoms with van der Waals surface area (Å²) in [5, 5.41) is 15.3. The van der Waals surface area contributed by atoms with E-state index in [9.17, 15) is 9.59 Å². The van der Waals surface area contributed by atoms with Crippen LogP contribution in [0.15, 0.2) is 48.5 Å². The molecule has 1 atom stereocenters. The Bertz CT molecular complexity index is 1080. The van der Waals surface area contributed by atoms with Crippen molar-refractivity contribution in [2.75, 3.05) is 23.7 Å². The topological polar surface area (TPSA) is 87.2 Å². The molecule has 0 unspecified atom stereocenters. The first kappa shape index (κ1) is 22.0. The van der Waals surface area contributed by atoms with Gasteiger partial charge in [-0.25, -0.2) is 4.79 Å². The fourth-order valence-electron chi connectivity index (χ4n) is 3.70. The van der Waals surface area contributed by atoms with Crippen LogP contribution < -0.4 is 10.6 Å². The van der Waals surface area contributed by atoms with Gasteiger partial charge in [0.2, 0.25) is 5.01 Å². The Kier molecular flexibility index (Phi) is 6.80. The SMILES string of the molecule is CCc1ccc(NC(=O)N2CCC[C@@H](c3nnc(C(=O)Nc4ccc(C)cc4)s3)C2)cc1. The van der Waals surface area contributed by atoms with E-state index in [-0.39, 0.29) is 17.9 Å². The van der Waals surface area contributed by atoms with Crippen LogP contribution in [0.1, 0.15) is 51.6 Å². The number of anilines is 2. The second-order valence-electron chi connectivity index (χ2n) is 8.03. The molecule has 0 radical (unpaired) electrons. The zero-order valence-electron chi connectivity index (χ0n) is 18.3. The van der Waals surface area contributed by atoms with Crippen LogP contribution in [0.25, 0.3) is 0 Å². The maximum Gasteiger partial charge on any atom is 0.321 e. The van der Waals surface area contributed by atoms with Crippen LogP contribution in [0.5, 0.6) is 0 Å². The van der Waals surface area contributed by atoms with E-state index in [2.05, 4.69) is 27.8 Å². The van der Waals surface area contributed by atoms with Gasteiger partial charge in [0.1, 0.15) is 5.01 Å². The summed E-state index contributed by atoms with van der Waals surface area (Å²) in [7, 11) is 0. The minimum Gasteiger partial charge on any atom is -0.324 e. The number of likely N-dealkylation sites (tertiary alicyclic amines) is 1. The average Bonchev–Trinajstić information content (AvgIpc) is 3.32. The van der Waals surface area contributed by atoms with Crippen LogP contribution in [0.3, 0.4) is 0 Å². The molecule has 3 aromatic rings. The second-order valence-corrected chi connectivity index (χ2v) is 9.04. The van der Waals surface area contributed by atoms with Gasteiger partial charge >= 0.3 is 6.03 Å². The fourth-order valence-corrected chi connectivity index (χ4v) is 4.57. The number of hydrogen-bond donors (Lipinski definition) is 2. The molecule has 2 heterocycles. The normalized spacial score (nSPS) is 15.9. The summed E-state index contributed by atoms with van der Waals surface area (Å²) >= 11 is 1.30. The van der Waals surface area contributed by atoms with E-state index in [0.717, 1.165) is 41.2 Å². The van der Waals surface area contributed by atoms with Gasteiger partial charge in [-0.3, -0.25) is 4.79 Å². The quantitative estimate of drug-likeness (QED) is 0.569. The number of rotatable bonds is 5. The third kappa shape index (κ3) is 5.31. The molecule has 0 spiro atoms. The molecule has 1 aliphatic rings. The van der Waals surface area contributed by atoms with E-state index in [1.807, 2.05) is 60.4 Å². The number of nitrogens with zero attached hydrogens (tertiary/aromatic N) is 3. The predicted octanol–water partition coefficient (Wildman–Crippen LogP) is 5.07. The van der Waals surface area contributed by atoms with Crippen molar-refractivity contribution in [1.82, 2.24) is 15.1 Å². The number of carbonyl (C=O) groups excluding carboxylic acids is 2. The number of hydrogen-bond acceptors (Lipinski definition) is 5. The molecule has 3 amide bonds. The summed E-state index contributed by atoms with van der Waals surface area (Å²) in [5.74, 6) is -0.186. The number of urea groups is 1. The van der Waals surface area contributed by atoms with Gasteiger partial charge in [-0.2, -0.15) is 0 Å². The molecule has 4 rings (SSSR count). The minimum absolute atomic E-state index is 0.0791. The molecule has 0 bridgehead atoms. The van der Waals surface area contributed by atoms with Gasteiger partial charge in [0, 0.05) is 30.4 Å². The highest BCUT2D eigenvalue weighted by Gasteiger charge is 2.28. The van der Waals surface area contributed by atoms with Crippen molar-refractivity contribution in [1.29, 1.82) is 0 Å². The van der Waals surface area contributed by atoms with Crippen molar-refractivity contribution >= 4 is 34.6 Å². The molecule has 1 fully saturated rings. The van der Waals surface area contributed by atoms with Gasteiger partial charge in [0.25, 0.3) is 5.91 Å². The lowest BCUT2D eigenvalue weighted by atomic mass is 9.99. The van der Waals surface area contributed by atoms with E-state index < -0.39 is 0 Å². The average molecular weight is 450 g/mol. The van der Waals surface area contributed by atoms with Crippen molar-refractivity contribution in [2.45, 2.75) is 39.0 Å². The van der Waals surface area contributed by atoms with E-state index >= 15 is 0 Å². The van der Waals surface area contributed by atoms with Gasteiger partial charge in [0.15, 0.2) is 0 Å². The zero-order chi connectivity index (χ0) is 22.5. The Morgan fingerprint density at radius 2 is 1.72 bits per heavy atom. The summed E-state index contributed by atoms with van der Waals surface area (Å²) in [4.78, 5) is 27.1. The molecule has 2 aromatic carbocycles. The van der Waals surface area contributed by atoms with Crippen LogP contribution in [0.2, 0.25) is 0 Å². The van der Waals surface area contributed by atoms with Crippen molar-refractivity contribution in [3.8, 4) is 0 Å². The smallest absolute Gasteiger partial charge is 0.321 e. The lowest BCUT2D eigenvalue weighted by Crippen LogP contribution is -2.41. The van der Waals surface area contributed by atoms with E-state index in [4.69, 9.17) is 0 Å². The molecule has 1 saturated heterocycles. The Balaban J connectivity index is 1.36. The van der Waals surface area contributed by atoms with Crippen molar-refractivity contribution in [3.05, 3.63) is 69.7 Å². The molecule has 8 heteroatoms. The molecule has 0 aliphatic carbocycles. The number of nitrogens with one attached hydrogen (secondary N) is 2. The standard InChI is InChI=1S/C24H27N5O2S/c1-3-17-8-12-20(13-9-17)26-24(31)29-14-4-5-18(15-29)22-27-28-23(32-22)21(30)25-19-10-6-16(2)7-11-19/h6-13,18H,3-5,14-15H2,1-2H3,(H,25,30)(H,26,31)/t18-/m1/s1. The summed E-state index contributed by atoms with van der Waals surface area (Å²) < 4.78 is 0. The first-order chi connectivity index (χ1) is 15.5. The molecule has 166 valence electrons. The van der Waals surface area contributed by atoms with E-state index in [1.54, 1.807) is 0 Å². The van der Waals surface area contributed by atoms with Crippen LogP contribution in [0.4, 0.5) is 16.2 Å². The number of aryl methyl sites for hydroxylation is 2. The number of piperidine rings is 1. The summed E-state index contributed by atoms with van der Waals surface area (Å²) in [6, 6.07) is 15.4. The second kappa shape index (κ2) is 9.91. The summed E-state index contributed by atoms with van der Waals surface area (Å²) in [6.07, 6.45) is 2.77. The lowest BCUT2D eigenvalue weighted by molar-refractivity contribution is 0.102. The summed E-state index contributed by atoms with van der Waals surface area (Å²) in [6.45, 7) is 5.37. The molecular formula is C24H27N5O2S. The molecule has 1 aliphatic heterocycles. The van der Waals surface area contributed by atoms with Crippen molar-refractivity contribution in [2.24, 2.45) is 0 Å². The van der Waals surface area contributed by atoms with Crippen LogP contribution >= 0.6 is 11.3 Å². The highest BCUT2D eigenvalue weighted by molar-refractivity contribution is 7.13. The van der Waals surface area contributed by atoms with Gasteiger partial charge in [0.05, 0.1) is 0 Å². The zero-order valence-corrected chi connectivity index (χ0v) is 19.1. The predicted molar refractivity (Wildman–Crippen MR) is 127 cm³/mol. The van der Waals surface area contributed by atoms with Gasteiger partial charge in [-0.1, -0.05) is 48.1 Å². The van der Waals surface area contributed by atoms with Gasteiger partial charge in [-0.05, 0) is 56.0 Å². The molecule has 7 nitrogen and oxygen atoms in total. The number of carbonyl (C=O) groups is 2. The molecule has 32 heavy (non-hydrogen) atoms. The van der Waals surface area contributed by atoms with E-state index in [0.29, 0.717) is 18.1 Å². The largest absolute Gasteiger partial charge is 0.324 e. The molecule has 1 aromatic heterocycles. The molecule has 0 saturated carbocycles. The lowest BCUT2D eigenvalue weighted by Gasteiger charge is -2.31. The highest BCUT2D eigenvalue weighted by atomic mass is 32.1. The maximum atomic E-state index is 12.8. The van der Waals surface area contributed by atoms with Crippen molar-refractivity contribution < 1.29 is 9.59 Å². The van der Waals surface area contributed by atoms with E-state index in [1.165, 1.54) is 16.9 Å². The Morgan fingerprint density at radius 3 is 2.44 bits per heavy atom. The first-order valence-electron chi connectivity index (χ1n) is 10.9. The Morgan fingerprint density at radius 1 is 1.03 bits per heavy atom.